The third-order valence-electron chi connectivity index (χ3n) is 1.66. The molecule has 0 spiro atoms. The molecule has 0 saturated heterocycles. The van der Waals surface area contributed by atoms with Gasteiger partial charge in [-0.15, -0.1) is 0 Å². The average Bonchev–Trinajstić information content (AvgIpc) is 2.46. The highest BCUT2D eigenvalue weighted by Gasteiger charge is 2.07. The van der Waals surface area contributed by atoms with Gasteiger partial charge in [0.25, 0.3) is 0 Å². The topological polar surface area (TPSA) is 46.9 Å². The molecule has 1 aromatic heterocycles. The summed E-state index contributed by atoms with van der Waals surface area (Å²) in [5.41, 5.74) is 1.68. The van der Waals surface area contributed by atoms with Gasteiger partial charge in [-0.1, -0.05) is 6.92 Å². The number of hydrogen-bond donors (Lipinski definition) is 2. The van der Waals surface area contributed by atoms with Crippen LogP contribution in [0.1, 0.15) is 12.6 Å². The van der Waals surface area contributed by atoms with Crippen molar-refractivity contribution in [2.75, 3.05) is 11.1 Å². The number of aryl methyl sites for hydroxylation is 2. The Hall–Kier alpha value is -0.970. The van der Waals surface area contributed by atoms with Crippen LogP contribution in [0.2, 0.25) is 0 Å². The van der Waals surface area contributed by atoms with Crippen LogP contribution in [-0.4, -0.2) is 21.4 Å². The second kappa shape index (κ2) is 4.32. The number of nitrogens with one attached hydrogen (secondary N) is 1. The quantitative estimate of drug-likeness (QED) is 0.709. The van der Waals surface area contributed by atoms with Crippen LogP contribution in [0, 0.1) is 0 Å². The Morgan fingerprint density at radius 1 is 1.77 bits per heavy atom. The van der Waals surface area contributed by atoms with Gasteiger partial charge < -0.3 is 5.32 Å². The summed E-state index contributed by atoms with van der Waals surface area (Å²) in [6, 6.07) is 0. The second-order valence-electron chi connectivity index (χ2n) is 2.72. The molecule has 0 fully saturated rings. The van der Waals surface area contributed by atoms with E-state index in [1.54, 1.807) is 10.9 Å². The number of carbonyl (C=O) groups is 1. The number of hydrogen-bond acceptors (Lipinski definition) is 3. The molecule has 1 rings (SSSR count). The van der Waals surface area contributed by atoms with Gasteiger partial charge in [-0.05, 0) is 6.42 Å². The fourth-order valence-electron chi connectivity index (χ4n) is 1.09. The van der Waals surface area contributed by atoms with Gasteiger partial charge in [0, 0.05) is 13.2 Å². The van der Waals surface area contributed by atoms with Crippen molar-refractivity contribution < 1.29 is 4.79 Å². The van der Waals surface area contributed by atoms with Gasteiger partial charge in [-0.3, -0.25) is 9.48 Å². The summed E-state index contributed by atoms with van der Waals surface area (Å²) in [5.74, 6) is 0.0870. The van der Waals surface area contributed by atoms with Gasteiger partial charge in [0.2, 0.25) is 5.91 Å². The molecule has 0 aromatic carbocycles. The van der Waals surface area contributed by atoms with Gasteiger partial charge >= 0.3 is 0 Å². The first-order chi connectivity index (χ1) is 6.17. The zero-order chi connectivity index (χ0) is 9.84. The van der Waals surface area contributed by atoms with Crippen molar-refractivity contribution in [3.63, 3.8) is 0 Å². The van der Waals surface area contributed by atoms with Crippen LogP contribution in [0.4, 0.5) is 5.69 Å². The first-order valence-corrected chi connectivity index (χ1v) is 4.73. The van der Waals surface area contributed by atoms with E-state index in [-0.39, 0.29) is 11.7 Å². The van der Waals surface area contributed by atoms with Crippen molar-refractivity contribution in [1.29, 1.82) is 0 Å². The molecule has 1 aromatic rings. The lowest BCUT2D eigenvalue weighted by Crippen LogP contribution is -2.13. The Labute approximate surface area is 82.7 Å². The Balaban J connectivity index is 2.80. The number of anilines is 1. The maximum absolute atomic E-state index is 11.0. The van der Waals surface area contributed by atoms with Gasteiger partial charge in [-0.25, -0.2) is 0 Å². The lowest BCUT2D eigenvalue weighted by molar-refractivity contribution is -0.113. The predicted octanol–water partition coefficient (Wildman–Crippen LogP) is 0.851. The minimum absolute atomic E-state index is 0.106. The fraction of sp³-hybridized carbons (Fsp3) is 0.500. The highest BCUT2D eigenvalue weighted by molar-refractivity contribution is 7.81. The van der Waals surface area contributed by atoms with Gasteiger partial charge in [0.1, 0.15) is 0 Å². The van der Waals surface area contributed by atoms with Gasteiger partial charge in [0.15, 0.2) is 0 Å². The number of aromatic nitrogens is 2. The smallest absolute Gasteiger partial charge is 0.234 e. The molecular weight excluding hydrogens is 186 g/mol. The SMILES string of the molecule is CCc1nn(C)cc1NC(=O)CS. The largest absolute Gasteiger partial charge is 0.322 e. The first kappa shape index (κ1) is 10.1. The summed E-state index contributed by atoms with van der Waals surface area (Å²) < 4.78 is 1.69. The number of amides is 1. The van der Waals surface area contributed by atoms with Gasteiger partial charge in [-0.2, -0.15) is 17.7 Å². The normalized spacial score (nSPS) is 10.1. The third-order valence-corrected chi connectivity index (χ3v) is 1.95. The summed E-state index contributed by atoms with van der Waals surface area (Å²) in [5, 5.41) is 6.93. The lowest BCUT2D eigenvalue weighted by atomic mass is 10.3. The van der Waals surface area contributed by atoms with E-state index in [1.165, 1.54) is 0 Å². The number of nitrogens with zero attached hydrogens (tertiary/aromatic N) is 2. The van der Waals surface area contributed by atoms with E-state index < -0.39 is 0 Å². The molecule has 1 heterocycles. The minimum atomic E-state index is -0.106. The molecular formula is C8H13N3OS. The molecule has 0 aliphatic carbocycles. The van der Waals surface area contributed by atoms with Crippen molar-refractivity contribution in [3.05, 3.63) is 11.9 Å². The van der Waals surface area contributed by atoms with Crippen LogP contribution in [0.15, 0.2) is 6.20 Å². The molecule has 72 valence electrons. The monoisotopic (exact) mass is 199 g/mol. The molecule has 4 nitrogen and oxygen atoms in total. The Morgan fingerprint density at radius 3 is 3.00 bits per heavy atom. The standard InChI is InChI=1S/C8H13N3OS/c1-3-6-7(4-11(2)10-6)9-8(12)5-13/h4,13H,3,5H2,1-2H3,(H,9,12). The van der Waals surface area contributed by atoms with Crippen molar-refractivity contribution in [3.8, 4) is 0 Å². The van der Waals surface area contributed by atoms with Crippen molar-refractivity contribution in [2.24, 2.45) is 7.05 Å². The van der Waals surface area contributed by atoms with E-state index in [1.807, 2.05) is 14.0 Å². The number of rotatable bonds is 3. The summed E-state index contributed by atoms with van der Waals surface area (Å²) in [6.45, 7) is 2.00. The highest BCUT2D eigenvalue weighted by atomic mass is 32.1. The van der Waals surface area contributed by atoms with E-state index in [0.717, 1.165) is 17.8 Å². The number of carbonyl (C=O) groups excluding carboxylic acids is 1. The molecule has 0 aliphatic rings. The van der Waals surface area contributed by atoms with Crippen LogP contribution in [0.3, 0.4) is 0 Å². The molecule has 0 unspecified atom stereocenters. The van der Waals surface area contributed by atoms with E-state index in [9.17, 15) is 4.79 Å². The summed E-state index contributed by atoms with van der Waals surface area (Å²) in [6.07, 6.45) is 2.60. The van der Waals surface area contributed by atoms with E-state index in [4.69, 9.17) is 0 Å². The van der Waals surface area contributed by atoms with E-state index >= 15 is 0 Å². The highest BCUT2D eigenvalue weighted by Crippen LogP contribution is 2.13. The van der Waals surface area contributed by atoms with E-state index in [2.05, 4.69) is 23.0 Å². The Kier molecular flexibility index (Phi) is 3.36. The molecule has 0 aliphatic heterocycles. The minimum Gasteiger partial charge on any atom is -0.322 e. The predicted molar refractivity (Wildman–Crippen MR) is 55.1 cm³/mol. The fourth-order valence-corrected chi connectivity index (χ4v) is 1.17. The number of thiol groups is 1. The van der Waals surface area contributed by atoms with E-state index in [0.29, 0.717) is 0 Å². The van der Waals surface area contributed by atoms with Crippen molar-refractivity contribution in [2.45, 2.75) is 13.3 Å². The lowest BCUT2D eigenvalue weighted by Gasteiger charge is -2.00. The molecule has 1 amide bonds. The van der Waals surface area contributed by atoms with Crippen LogP contribution in [0.5, 0.6) is 0 Å². The zero-order valence-corrected chi connectivity index (χ0v) is 8.64. The second-order valence-corrected chi connectivity index (χ2v) is 3.04. The summed E-state index contributed by atoms with van der Waals surface area (Å²) in [4.78, 5) is 11.0. The van der Waals surface area contributed by atoms with Crippen LogP contribution in [-0.2, 0) is 18.3 Å². The summed E-state index contributed by atoms with van der Waals surface area (Å²) >= 11 is 3.88. The average molecular weight is 199 g/mol. The van der Waals surface area contributed by atoms with Crippen molar-refractivity contribution >= 4 is 24.2 Å². The zero-order valence-electron chi connectivity index (χ0n) is 7.74. The molecule has 0 atom stereocenters. The van der Waals surface area contributed by atoms with Crippen LogP contribution >= 0.6 is 12.6 Å². The molecule has 0 saturated carbocycles. The van der Waals surface area contributed by atoms with Crippen molar-refractivity contribution in [1.82, 2.24) is 9.78 Å². The molecule has 1 N–H and O–H groups in total. The maximum atomic E-state index is 11.0. The van der Waals surface area contributed by atoms with Crippen LogP contribution in [0.25, 0.3) is 0 Å². The molecule has 0 radical (unpaired) electrons. The third kappa shape index (κ3) is 2.48. The molecule has 0 bridgehead atoms. The van der Waals surface area contributed by atoms with Gasteiger partial charge in [0.05, 0.1) is 17.1 Å². The Morgan fingerprint density at radius 2 is 2.46 bits per heavy atom. The van der Waals surface area contributed by atoms with Crippen LogP contribution < -0.4 is 5.32 Å². The maximum Gasteiger partial charge on any atom is 0.234 e. The first-order valence-electron chi connectivity index (χ1n) is 4.10. The Bertz CT molecular complexity index is 308. The molecule has 5 heteroatoms. The summed E-state index contributed by atoms with van der Waals surface area (Å²) in [7, 11) is 1.83. The molecule has 13 heavy (non-hydrogen) atoms.